The second-order valence-electron chi connectivity index (χ2n) is 6.43. The molecule has 6 nitrogen and oxygen atoms in total. The lowest BCUT2D eigenvalue weighted by Gasteiger charge is -2.34. The first kappa shape index (κ1) is 15.8. The van der Waals surface area contributed by atoms with E-state index in [2.05, 4.69) is 29.4 Å². The first-order valence-electron chi connectivity index (χ1n) is 8.14. The van der Waals surface area contributed by atoms with Gasteiger partial charge in [0, 0.05) is 30.7 Å². The van der Waals surface area contributed by atoms with Crippen LogP contribution in [0.3, 0.4) is 0 Å². The molecule has 2 aliphatic heterocycles. The quantitative estimate of drug-likeness (QED) is 0.889. The number of hydrogen-bond acceptors (Lipinski definition) is 4. The summed E-state index contributed by atoms with van der Waals surface area (Å²) in [5.41, 5.74) is 1.18. The summed E-state index contributed by atoms with van der Waals surface area (Å²) in [4.78, 5) is 26.1. The first-order chi connectivity index (χ1) is 11.0. The molecular formula is C17H23N3O3. The summed E-state index contributed by atoms with van der Waals surface area (Å²) in [6, 6.07) is 5.89. The first-order valence-corrected chi connectivity index (χ1v) is 8.14. The van der Waals surface area contributed by atoms with Gasteiger partial charge in [-0.2, -0.15) is 0 Å². The number of anilines is 1. The minimum atomic E-state index is -0.174. The van der Waals surface area contributed by atoms with Crippen molar-refractivity contribution < 1.29 is 14.3 Å². The van der Waals surface area contributed by atoms with Crippen LogP contribution in [-0.4, -0.2) is 48.5 Å². The minimum Gasteiger partial charge on any atom is -0.482 e. The van der Waals surface area contributed by atoms with Crippen molar-refractivity contribution in [1.29, 1.82) is 0 Å². The zero-order valence-electron chi connectivity index (χ0n) is 13.6. The standard InChI is InChI=1S/C17H23N3O3/c1-11(2)20-7-5-13(6-8-20)18-17(22)12-3-4-14-15(9-12)23-10-16(21)19-14/h3-4,9,11,13H,5-8,10H2,1-2H3,(H,18,22)(H,19,21). The lowest BCUT2D eigenvalue weighted by molar-refractivity contribution is -0.118. The van der Waals surface area contributed by atoms with Crippen molar-refractivity contribution in [2.75, 3.05) is 25.0 Å². The number of rotatable bonds is 3. The maximum absolute atomic E-state index is 12.4. The van der Waals surface area contributed by atoms with Gasteiger partial charge in [-0.1, -0.05) is 0 Å². The highest BCUT2D eigenvalue weighted by molar-refractivity contribution is 5.99. The molecule has 23 heavy (non-hydrogen) atoms. The van der Waals surface area contributed by atoms with Gasteiger partial charge in [0.25, 0.3) is 11.8 Å². The summed E-state index contributed by atoms with van der Waals surface area (Å²) < 4.78 is 5.36. The van der Waals surface area contributed by atoms with Crippen LogP contribution in [0.5, 0.6) is 5.75 Å². The molecule has 0 unspecified atom stereocenters. The molecule has 0 radical (unpaired) electrons. The van der Waals surface area contributed by atoms with E-state index in [0.29, 0.717) is 23.0 Å². The summed E-state index contributed by atoms with van der Waals surface area (Å²) in [5.74, 6) is 0.287. The monoisotopic (exact) mass is 317 g/mol. The van der Waals surface area contributed by atoms with Crippen molar-refractivity contribution in [3.63, 3.8) is 0 Å². The number of fused-ring (bicyclic) bond motifs is 1. The molecule has 0 aromatic heterocycles. The second-order valence-corrected chi connectivity index (χ2v) is 6.43. The third-order valence-corrected chi connectivity index (χ3v) is 4.47. The maximum Gasteiger partial charge on any atom is 0.262 e. The van der Waals surface area contributed by atoms with Crippen LogP contribution in [0.15, 0.2) is 18.2 Å². The highest BCUT2D eigenvalue weighted by atomic mass is 16.5. The van der Waals surface area contributed by atoms with E-state index in [4.69, 9.17) is 4.74 Å². The van der Waals surface area contributed by atoms with Crippen molar-refractivity contribution in [3.05, 3.63) is 23.8 Å². The fraction of sp³-hybridized carbons (Fsp3) is 0.529. The number of nitrogens with zero attached hydrogens (tertiary/aromatic N) is 1. The van der Waals surface area contributed by atoms with Crippen LogP contribution < -0.4 is 15.4 Å². The molecule has 1 fully saturated rings. The second kappa shape index (κ2) is 6.58. The Labute approximate surface area is 136 Å². The molecule has 0 atom stereocenters. The van der Waals surface area contributed by atoms with Gasteiger partial charge >= 0.3 is 0 Å². The van der Waals surface area contributed by atoms with Gasteiger partial charge in [-0.15, -0.1) is 0 Å². The van der Waals surface area contributed by atoms with Gasteiger partial charge in [0.15, 0.2) is 6.61 Å². The number of carbonyl (C=O) groups is 2. The maximum atomic E-state index is 12.4. The molecule has 3 rings (SSSR count). The molecule has 1 aromatic rings. The Morgan fingerprint density at radius 3 is 2.78 bits per heavy atom. The Balaban J connectivity index is 1.60. The Hall–Kier alpha value is -2.08. The lowest BCUT2D eigenvalue weighted by atomic mass is 10.0. The van der Waals surface area contributed by atoms with Crippen LogP contribution in [0.25, 0.3) is 0 Å². The van der Waals surface area contributed by atoms with Crippen LogP contribution >= 0.6 is 0 Å². The van der Waals surface area contributed by atoms with Crippen molar-refractivity contribution in [3.8, 4) is 5.75 Å². The van der Waals surface area contributed by atoms with E-state index in [0.717, 1.165) is 25.9 Å². The van der Waals surface area contributed by atoms with E-state index in [1.165, 1.54) is 0 Å². The molecule has 1 aromatic carbocycles. The molecule has 2 heterocycles. The number of likely N-dealkylation sites (tertiary alicyclic amines) is 1. The van der Waals surface area contributed by atoms with Crippen LogP contribution in [0.2, 0.25) is 0 Å². The molecule has 0 bridgehead atoms. The summed E-state index contributed by atoms with van der Waals surface area (Å²) in [6.45, 7) is 6.42. The molecule has 2 amide bonds. The smallest absolute Gasteiger partial charge is 0.262 e. The predicted octanol–water partition coefficient (Wildman–Crippen LogP) is 1.62. The number of piperidine rings is 1. The average Bonchev–Trinajstić information content (AvgIpc) is 2.54. The van der Waals surface area contributed by atoms with Crippen LogP contribution in [0.1, 0.15) is 37.0 Å². The van der Waals surface area contributed by atoms with Gasteiger partial charge in [0.2, 0.25) is 0 Å². The molecule has 0 spiro atoms. The zero-order chi connectivity index (χ0) is 16.4. The van der Waals surface area contributed by atoms with Crippen molar-refractivity contribution in [2.45, 2.75) is 38.8 Å². The molecular weight excluding hydrogens is 294 g/mol. The van der Waals surface area contributed by atoms with E-state index in [-0.39, 0.29) is 24.5 Å². The molecule has 2 aliphatic rings. The highest BCUT2D eigenvalue weighted by Gasteiger charge is 2.23. The fourth-order valence-electron chi connectivity index (χ4n) is 3.04. The zero-order valence-corrected chi connectivity index (χ0v) is 13.6. The van der Waals surface area contributed by atoms with E-state index in [1.54, 1.807) is 18.2 Å². The molecule has 0 aliphatic carbocycles. The third kappa shape index (κ3) is 3.64. The van der Waals surface area contributed by atoms with Gasteiger partial charge in [0.05, 0.1) is 5.69 Å². The van der Waals surface area contributed by atoms with Gasteiger partial charge in [0.1, 0.15) is 5.75 Å². The number of amides is 2. The number of hydrogen-bond donors (Lipinski definition) is 2. The average molecular weight is 317 g/mol. The summed E-state index contributed by atoms with van der Waals surface area (Å²) in [6.07, 6.45) is 1.95. The summed E-state index contributed by atoms with van der Waals surface area (Å²) in [5, 5.41) is 5.82. The Bertz CT molecular complexity index is 607. The normalized spacial score (nSPS) is 19.0. The minimum absolute atomic E-state index is 0.00820. The topological polar surface area (TPSA) is 70.7 Å². The predicted molar refractivity (Wildman–Crippen MR) is 87.8 cm³/mol. The number of carbonyl (C=O) groups excluding carboxylic acids is 2. The highest BCUT2D eigenvalue weighted by Crippen LogP contribution is 2.28. The van der Waals surface area contributed by atoms with Gasteiger partial charge in [-0.3, -0.25) is 9.59 Å². The van der Waals surface area contributed by atoms with Crippen molar-refractivity contribution in [1.82, 2.24) is 10.2 Å². The van der Waals surface area contributed by atoms with Gasteiger partial charge in [-0.25, -0.2) is 0 Å². The lowest BCUT2D eigenvalue weighted by Crippen LogP contribution is -2.46. The van der Waals surface area contributed by atoms with Crippen LogP contribution in [-0.2, 0) is 4.79 Å². The molecule has 124 valence electrons. The number of benzene rings is 1. The largest absolute Gasteiger partial charge is 0.482 e. The molecule has 0 saturated carbocycles. The molecule has 6 heteroatoms. The van der Waals surface area contributed by atoms with Gasteiger partial charge < -0.3 is 20.3 Å². The van der Waals surface area contributed by atoms with Gasteiger partial charge in [-0.05, 0) is 44.9 Å². The van der Waals surface area contributed by atoms with Crippen LogP contribution in [0.4, 0.5) is 5.69 Å². The Morgan fingerprint density at radius 2 is 2.09 bits per heavy atom. The molecule has 1 saturated heterocycles. The van der Waals surface area contributed by atoms with E-state index >= 15 is 0 Å². The Morgan fingerprint density at radius 1 is 1.35 bits per heavy atom. The summed E-state index contributed by atoms with van der Waals surface area (Å²) in [7, 11) is 0. The number of nitrogens with one attached hydrogen (secondary N) is 2. The van der Waals surface area contributed by atoms with Crippen molar-refractivity contribution >= 4 is 17.5 Å². The van der Waals surface area contributed by atoms with E-state index < -0.39 is 0 Å². The van der Waals surface area contributed by atoms with Crippen LogP contribution in [0, 0.1) is 0 Å². The summed E-state index contributed by atoms with van der Waals surface area (Å²) >= 11 is 0. The molecule has 2 N–H and O–H groups in total. The fourth-order valence-corrected chi connectivity index (χ4v) is 3.04. The number of ether oxygens (including phenoxy) is 1. The SMILES string of the molecule is CC(C)N1CCC(NC(=O)c2ccc3c(c2)OCC(=O)N3)CC1. The van der Waals surface area contributed by atoms with E-state index in [9.17, 15) is 9.59 Å². The third-order valence-electron chi connectivity index (χ3n) is 4.47. The Kier molecular flexibility index (Phi) is 4.52. The van der Waals surface area contributed by atoms with E-state index in [1.807, 2.05) is 0 Å². The van der Waals surface area contributed by atoms with Crippen molar-refractivity contribution in [2.24, 2.45) is 0 Å².